The van der Waals surface area contributed by atoms with Gasteiger partial charge in [-0.15, -0.1) is 0 Å². The van der Waals surface area contributed by atoms with Crippen molar-refractivity contribution in [3.63, 3.8) is 0 Å². The molecule has 0 N–H and O–H groups in total. The van der Waals surface area contributed by atoms with Gasteiger partial charge in [0.2, 0.25) is 5.88 Å². The summed E-state index contributed by atoms with van der Waals surface area (Å²) >= 11 is 0. The van der Waals surface area contributed by atoms with Gasteiger partial charge in [0.05, 0.1) is 11.9 Å². The first kappa shape index (κ1) is 23.3. The minimum absolute atomic E-state index is 0.0892. The zero-order chi connectivity index (χ0) is 21.3. The van der Waals surface area contributed by atoms with E-state index in [2.05, 4.69) is 28.7 Å². The van der Waals surface area contributed by atoms with E-state index in [0.717, 1.165) is 56.6 Å². The van der Waals surface area contributed by atoms with Gasteiger partial charge in [-0.2, -0.15) is 0 Å². The average molecular weight is 402 g/mol. The van der Waals surface area contributed by atoms with Crippen LogP contribution in [0.4, 0.5) is 4.39 Å². The first-order valence-electron chi connectivity index (χ1n) is 10.7. The maximum atomic E-state index is 13.8. The minimum Gasteiger partial charge on any atom is -0.471 e. The number of hydrogen-bond acceptors (Lipinski definition) is 4. The molecule has 0 fully saturated rings. The number of aryl methyl sites for hydroxylation is 1. The van der Waals surface area contributed by atoms with Crippen LogP contribution in [0.5, 0.6) is 5.88 Å². The van der Waals surface area contributed by atoms with Gasteiger partial charge in [-0.05, 0) is 70.7 Å². The molecule has 0 bridgehead atoms. The summed E-state index contributed by atoms with van der Waals surface area (Å²) in [6, 6.07) is 7.09. The van der Waals surface area contributed by atoms with Crippen molar-refractivity contribution >= 4 is 0 Å². The number of hydrogen-bond donors (Lipinski definition) is 0. The Morgan fingerprint density at radius 1 is 1.07 bits per heavy atom. The fraction of sp³-hybridized carbons (Fsp3) is 0.583. The van der Waals surface area contributed by atoms with E-state index in [-0.39, 0.29) is 11.4 Å². The predicted octanol–water partition coefficient (Wildman–Crippen LogP) is 5.32. The van der Waals surface area contributed by atoms with E-state index in [0.29, 0.717) is 11.8 Å². The number of aromatic nitrogens is 2. The molecule has 0 saturated carbocycles. The van der Waals surface area contributed by atoms with Crippen molar-refractivity contribution in [3.8, 4) is 5.88 Å². The average Bonchev–Trinajstić information content (AvgIpc) is 2.66. The van der Waals surface area contributed by atoms with Crippen LogP contribution in [0.2, 0.25) is 0 Å². The van der Waals surface area contributed by atoms with Crippen molar-refractivity contribution < 1.29 is 9.13 Å². The Hall–Kier alpha value is -2.01. The molecule has 4 nitrogen and oxygen atoms in total. The van der Waals surface area contributed by atoms with Crippen molar-refractivity contribution in [2.24, 2.45) is 5.92 Å². The molecule has 2 rings (SSSR count). The smallest absolute Gasteiger partial charge is 0.233 e. The monoisotopic (exact) mass is 401 g/mol. The van der Waals surface area contributed by atoms with E-state index < -0.39 is 0 Å². The lowest BCUT2D eigenvalue weighted by Gasteiger charge is -2.23. The predicted molar refractivity (Wildman–Crippen MR) is 117 cm³/mol. The fourth-order valence-electron chi connectivity index (χ4n) is 3.22. The molecule has 160 valence electrons. The number of halogens is 1. The third kappa shape index (κ3) is 8.90. The molecular formula is C24H36FN3O. The van der Waals surface area contributed by atoms with Gasteiger partial charge >= 0.3 is 0 Å². The SMILES string of the molecule is CCN(CCc1cncc(OC(C)(C)C)n1)CCC(C)CCc1ccccc1F. The van der Waals surface area contributed by atoms with Gasteiger partial charge in [0.15, 0.2) is 0 Å². The van der Waals surface area contributed by atoms with Gasteiger partial charge in [-0.25, -0.2) is 9.37 Å². The van der Waals surface area contributed by atoms with Crippen LogP contribution in [0.25, 0.3) is 0 Å². The fourth-order valence-corrected chi connectivity index (χ4v) is 3.22. The van der Waals surface area contributed by atoms with E-state index in [1.165, 1.54) is 0 Å². The third-order valence-electron chi connectivity index (χ3n) is 5.01. The maximum Gasteiger partial charge on any atom is 0.233 e. The number of likely N-dealkylation sites (N-methyl/N-ethyl adjacent to an activating group) is 1. The second kappa shape index (κ2) is 11.2. The lowest BCUT2D eigenvalue weighted by molar-refractivity contribution is 0.123. The van der Waals surface area contributed by atoms with Crippen molar-refractivity contribution in [1.29, 1.82) is 0 Å². The van der Waals surface area contributed by atoms with Crippen molar-refractivity contribution in [1.82, 2.24) is 14.9 Å². The highest BCUT2D eigenvalue weighted by Crippen LogP contribution is 2.17. The molecular weight excluding hydrogens is 365 g/mol. The highest BCUT2D eigenvalue weighted by molar-refractivity contribution is 5.17. The first-order chi connectivity index (χ1) is 13.8. The van der Waals surface area contributed by atoms with Crippen LogP contribution in [0, 0.1) is 11.7 Å². The van der Waals surface area contributed by atoms with Crippen LogP contribution in [0.1, 0.15) is 58.7 Å². The molecule has 0 radical (unpaired) electrons. The van der Waals surface area contributed by atoms with E-state index in [1.54, 1.807) is 18.3 Å². The summed E-state index contributed by atoms with van der Waals surface area (Å²) in [4.78, 5) is 11.3. The molecule has 0 spiro atoms. The van der Waals surface area contributed by atoms with Crippen LogP contribution in [0.15, 0.2) is 36.7 Å². The van der Waals surface area contributed by atoms with Crippen LogP contribution in [-0.4, -0.2) is 40.1 Å². The molecule has 29 heavy (non-hydrogen) atoms. The van der Waals surface area contributed by atoms with Gasteiger partial charge in [0.25, 0.3) is 0 Å². The summed E-state index contributed by atoms with van der Waals surface area (Å²) in [7, 11) is 0. The maximum absolute atomic E-state index is 13.8. The summed E-state index contributed by atoms with van der Waals surface area (Å²) in [6.45, 7) is 13.5. The lowest BCUT2D eigenvalue weighted by Crippen LogP contribution is -2.28. The van der Waals surface area contributed by atoms with E-state index in [9.17, 15) is 4.39 Å². The molecule has 0 aliphatic heterocycles. The van der Waals surface area contributed by atoms with Crippen molar-refractivity contribution in [3.05, 3.63) is 53.7 Å². The van der Waals surface area contributed by atoms with Gasteiger partial charge in [0.1, 0.15) is 11.4 Å². The van der Waals surface area contributed by atoms with Gasteiger partial charge in [0, 0.05) is 19.2 Å². The Balaban J connectivity index is 1.76. The number of nitrogens with zero attached hydrogens (tertiary/aromatic N) is 3. The first-order valence-corrected chi connectivity index (χ1v) is 10.7. The Kier molecular flexibility index (Phi) is 9.02. The highest BCUT2D eigenvalue weighted by Gasteiger charge is 2.14. The third-order valence-corrected chi connectivity index (χ3v) is 5.01. The van der Waals surface area contributed by atoms with Crippen LogP contribution >= 0.6 is 0 Å². The molecule has 1 aromatic carbocycles. The second-order valence-corrected chi connectivity index (χ2v) is 8.77. The number of ether oxygens (including phenoxy) is 1. The van der Waals surface area contributed by atoms with E-state index in [1.807, 2.05) is 39.1 Å². The molecule has 1 heterocycles. The van der Waals surface area contributed by atoms with Gasteiger partial charge < -0.3 is 9.64 Å². The molecule has 5 heteroatoms. The quantitative estimate of drug-likeness (QED) is 0.511. The molecule has 2 aromatic rings. The van der Waals surface area contributed by atoms with Crippen molar-refractivity contribution in [2.75, 3.05) is 19.6 Å². The topological polar surface area (TPSA) is 38.2 Å². The summed E-state index contributed by atoms with van der Waals surface area (Å²) in [5.41, 5.74) is 1.50. The Labute approximate surface area is 175 Å². The molecule has 0 amide bonds. The van der Waals surface area contributed by atoms with Crippen LogP contribution < -0.4 is 4.74 Å². The number of rotatable bonds is 11. The Morgan fingerprint density at radius 3 is 2.52 bits per heavy atom. The molecule has 0 aliphatic rings. The Bertz CT molecular complexity index is 745. The van der Waals surface area contributed by atoms with Gasteiger partial charge in [-0.3, -0.25) is 4.98 Å². The number of benzene rings is 1. The standard InChI is InChI=1S/C24H36FN3O/c1-6-28(15-13-19(2)11-12-20-9-7-8-10-22(20)25)16-14-21-17-26-18-23(27-21)29-24(3,4)5/h7-10,17-19H,6,11-16H2,1-5H3. The lowest BCUT2D eigenvalue weighted by atomic mass is 9.98. The largest absolute Gasteiger partial charge is 0.471 e. The van der Waals surface area contributed by atoms with E-state index >= 15 is 0 Å². The molecule has 0 aliphatic carbocycles. The summed E-state index contributed by atoms with van der Waals surface area (Å²) < 4.78 is 19.6. The van der Waals surface area contributed by atoms with Gasteiger partial charge in [-0.1, -0.05) is 32.0 Å². The van der Waals surface area contributed by atoms with E-state index in [4.69, 9.17) is 4.74 Å². The minimum atomic E-state index is -0.276. The summed E-state index contributed by atoms with van der Waals surface area (Å²) in [5.74, 6) is 1.06. The molecule has 1 atom stereocenters. The zero-order valence-electron chi connectivity index (χ0n) is 18.6. The molecule has 0 saturated heterocycles. The summed E-state index contributed by atoms with van der Waals surface area (Å²) in [5, 5.41) is 0. The van der Waals surface area contributed by atoms with Crippen LogP contribution in [0.3, 0.4) is 0 Å². The molecule has 1 unspecified atom stereocenters. The normalized spacial score (nSPS) is 12.9. The molecule has 1 aromatic heterocycles. The summed E-state index contributed by atoms with van der Waals surface area (Å²) in [6.07, 6.45) is 7.27. The highest BCUT2D eigenvalue weighted by atomic mass is 19.1. The Morgan fingerprint density at radius 2 is 1.83 bits per heavy atom. The van der Waals surface area contributed by atoms with Crippen LogP contribution in [-0.2, 0) is 12.8 Å². The van der Waals surface area contributed by atoms with Crippen molar-refractivity contribution in [2.45, 2.75) is 65.9 Å². The zero-order valence-corrected chi connectivity index (χ0v) is 18.6. The second-order valence-electron chi connectivity index (χ2n) is 8.77.